The van der Waals surface area contributed by atoms with Gasteiger partial charge in [-0.05, 0) is 304 Å². The fourth-order valence-corrected chi connectivity index (χ4v) is 28.8. The summed E-state index contributed by atoms with van der Waals surface area (Å²) in [5.41, 5.74) is 14.9. The topological polar surface area (TPSA) is 335 Å². The molecular formula is C93H121N21O4S6. The maximum Gasteiger partial charge on any atom is 0.217 e. The predicted octanol–water partition coefficient (Wildman–Crippen LogP) is 17.9. The molecule has 5 saturated carbocycles. The van der Waals surface area contributed by atoms with Gasteiger partial charge in [-0.2, -0.15) is 0 Å². The number of anilines is 6. The smallest absolute Gasteiger partial charge is 0.217 e. The molecule has 11 N–H and O–H groups in total. The molecule has 12 aromatic heterocycles. The zero-order chi connectivity index (χ0) is 84.2. The van der Waals surface area contributed by atoms with E-state index in [1.54, 1.807) is 44.9 Å². The number of ether oxygens (including phenoxy) is 1. The first-order valence-corrected chi connectivity index (χ1v) is 51.4. The van der Waals surface area contributed by atoms with Crippen molar-refractivity contribution in [3.63, 3.8) is 0 Å². The zero-order valence-corrected chi connectivity index (χ0v) is 77.0. The number of fused-ring (bicyclic) bond motifs is 18. The summed E-state index contributed by atoms with van der Waals surface area (Å²) in [6, 6.07) is 4.26. The molecule has 0 bridgehead atoms. The Morgan fingerprint density at radius 2 is 0.605 bits per heavy atom. The molecule has 24 rings (SSSR count). The fourth-order valence-electron chi connectivity index (χ4n) is 21.4. The van der Waals surface area contributed by atoms with Gasteiger partial charge in [0.2, 0.25) is 5.91 Å². The SMILES string of the molecule is CC(=O)NC1CCC(Nc2ncnc3sc4c(c23)CCC4)CC1.CN(C)C1CCC(Nc2ncnc3sc4c(c23)CCC4)CC1.NC1CCC(Nc2ncnc3sc4c(c23)CCC4)CC1.OC1CCC(Nc2ncnc3sc4c(c23)CCC4)CC1.OC1CCCC(Nc2ncnc3sc4c(c23)CCC4)C1.c1nc(NC2CCOCC2)c2c3c(sc2n1)CCC3. The molecule has 25 nitrogen and oxygen atoms in total. The van der Waals surface area contributed by atoms with Crippen LogP contribution in [-0.2, 0) is 86.6 Å². The molecule has 31 heteroatoms. The molecule has 11 aliphatic carbocycles. The average molecular weight is 1790 g/mol. The Labute approximate surface area is 750 Å². The highest BCUT2D eigenvalue weighted by molar-refractivity contribution is 7.20. The second kappa shape index (κ2) is 39.5. The van der Waals surface area contributed by atoms with Gasteiger partial charge in [-0.1, -0.05) is 0 Å². The highest BCUT2D eigenvalue weighted by Crippen LogP contribution is 2.47. The van der Waals surface area contributed by atoms with Gasteiger partial charge in [-0.25, -0.2) is 59.8 Å². The Bertz CT molecular complexity index is 5570. The van der Waals surface area contributed by atoms with E-state index in [-0.39, 0.29) is 18.1 Å². The van der Waals surface area contributed by atoms with E-state index in [1.807, 2.05) is 68.0 Å². The van der Waals surface area contributed by atoms with Crippen LogP contribution in [0.5, 0.6) is 0 Å². The standard InChI is InChI=1S/C17H22N4OS.C17H24N4S.C15H20N4S.2C15H19N3OS.C14H17N3OS/c1-10(22)20-11-5-7-12(8-6-11)21-16-15-13-3-2-4-14(13)23-17(15)19-9-18-16;1-21(2)12-8-6-11(7-9-12)20-16-15-13-4-3-5-14(13)22-17(15)19-10-18-16;16-9-4-6-10(7-5-9)19-14-13-11-2-1-3-12(11)20-15(13)18-8-17-14;19-10-4-1-3-9(7-10)18-14-13-11-5-2-6-12(11)20-15(13)17-8-16-14;19-10-6-4-9(5-7-10)18-14-13-11-2-1-3-12(11)20-15(13)17-8-16-14;1-2-10-11(3-1)19-14-12(10)13(15-8-16-14)17-9-4-6-18-7-5-9/h9,11-12H,2-8H2,1H3,(H,20,22)(H,18,19,21);10-12H,3-9H2,1-2H3,(H,18,19,20);8-10H,1-7,16H2,(H,17,18,19);2*8-10,19H,1-7H2,(H,16,17,18);8-9H,1-7H2,(H,15,16,17). The summed E-state index contributed by atoms with van der Waals surface area (Å²) in [6.45, 7) is 3.31. The van der Waals surface area contributed by atoms with E-state index >= 15 is 0 Å². The van der Waals surface area contributed by atoms with Gasteiger partial charge in [0.05, 0.1) is 44.5 Å². The van der Waals surface area contributed by atoms with Crippen LogP contribution in [-0.4, -0.2) is 175 Å². The number of nitrogens with one attached hydrogen (secondary N) is 7. The molecule has 12 aliphatic rings. The number of carbonyl (C=O) groups is 1. The van der Waals surface area contributed by atoms with Gasteiger partial charge < -0.3 is 62.8 Å². The Balaban J connectivity index is 0.0000000977. The molecule has 0 radical (unpaired) electrons. The lowest BCUT2D eigenvalue weighted by Gasteiger charge is -2.33. The van der Waals surface area contributed by atoms with Gasteiger partial charge in [0.1, 0.15) is 102 Å². The van der Waals surface area contributed by atoms with Crippen LogP contribution < -0.4 is 43.0 Å². The van der Waals surface area contributed by atoms with E-state index in [1.165, 1.54) is 228 Å². The first-order chi connectivity index (χ1) is 60.8. The first kappa shape index (κ1) is 85.7. The molecule has 6 fully saturated rings. The quantitative estimate of drug-likeness (QED) is 0.0483. The number of hydrogen-bond donors (Lipinski definition) is 10. The van der Waals surface area contributed by atoms with Crippen LogP contribution in [0, 0.1) is 0 Å². The number of hydrogen-bond acceptors (Lipinski definition) is 30. The molecule has 1 saturated heterocycles. The number of carbonyl (C=O) groups excluding carboxylic acids is 1. The number of aliphatic hydroxyl groups is 2. The summed E-state index contributed by atoms with van der Waals surface area (Å²) in [5, 5.41) is 51.9. The highest BCUT2D eigenvalue weighted by atomic mass is 32.1. The molecule has 658 valence electrons. The van der Waals surface area contributed by atoms with Crippen LogP contribution >= 0.6 is 68.0 Å². The van der Waals surface area contributed by atoms with Crippen molar-refractivity contribution in [1.29, 1.82) is 0 Å². The summed E-state index contributed by atoms with van der Waals surface area (Å²) in [6.07, 6.45) is 55.5. The number of aryl methyl sites for hydroxylation is 12. The van der Waals surface area contributed by atoms with Crippen molar-refractivity contribution < 1.29 is 19.7 Å². The molecule has 2 atom stereocenters. The minimum atomic E-state index is -0.160. The third-order valence-electron chi connectivity index (χ3n) is 28.0. The van der Waals surface area contributed by atoms with Gasteiger partial charge in [-0.3, -0.25) is 4.79 Å². The Hall–Kier alpha value is -7.69. The van der Waals surface area contributed by atoms with Crippen molar-refractivity contribution in [3.05, 3.63) is 101 Å². The van der Waals surface area contributed by atoms with Gasteiger partial charge in [0.25, 0.3) is 0 Å². The lowest BCUT2D eigenvalue weighted by atomic mass is 9.90. The number of nitrogens with zero attached hydrogens (tertiary/aromatic N) is 13. The van der Waals surface area contributed by atoms with Gasteiger partial charge in [0.15, 0.2) is 0 Å². The molecule has 124 heavy (non-hydrogen) atoms. The summed E-state index contributed by atoms with van der Waals surface area (Å²) in [7, 11) is 4.39. The zero-order valence-electron chi connectivity index (χ0n) is 72.1. The maximum absolute atomic E-state index is 11.2. The predicted molar refractivity (Wildman–Crippen MR) is 509 cm³/mol. The van der Waals surface area contributed by atoms with E-state index < -0.39 is 0 Å². The van der Waals surface area contributed by atoms with Crippen molar-refractivity contribution in [2.24, 2.45) is 5.73 Å². The molecular weight excluding hydrogens is 1670 g/mol. The molecule has 1 aliphatic heterocycles. The van der Waals surface area contributed by atoms with E-state index in [2.05, 4.69) is 116 Å². The van der Waals surface area contributed by atoms with Crippen LogP contribution in [0.25, 0.3) is 61.3 Å². The van der Waals surface area contributed by atoms with Crippen molar-refractivity contribution in [2.45, 2.75) is 330 Å². The second-order valence-electron chi connectivity index (χ2n) is 36.7. The molecule has 12 aromatic rings. The van der Waals surface area contributed by atoms with E-state index in [9.17, 15) is 15.0 Å². The van der Waals surface area contributed by atoms with Crippen molar-refractivity contribution in [3.8, 4) is 0 Å². The Kier molecular flexibility index (Phi) is 27.3. The molecule has 1 amide bonds. The second-order valence-corrected chi connectivity index (χ2v) is 43.2. The molecule has 0 spiro atoms. The van der Waals surface area contributed by atoms with Crippen LogP contribution in [0.4, 0.5) is 34.9 Å². The summed E-state index contributed by atoms with van der Waals surface area (Å²) in [5.74, 6) is 6.25. The number of aliphatic hydroxyl groups excluding tert-OH is 2. The summed E-state index contributed by atoms with van der Waals surface area (Å²) in [4.78, 5) is 83.3. The van der Waals surface area contributed by atoms with E-state index in [0.717, 1.165) is 207 Å². The Morgan fingerprint density at radius 3 is 0.903 bits per heavy atom. The minimum Gasteiger partial charge on any atom is -0.393 e. The third kappa shape index (κ3) is 19.5. The van der Waals surface area contributed by atoms with E-state index in [4.69, 9.17) is 10.5 Å². The highest BCUT2D eigenvalue weighted by Gasteiger charge is 2.33. The van der Waals surface area contributed by atoms with Gasteiger partial charge >= 0.3 is 0 Å². The molecule has 13 heterocycles. The lowest BCUT2D eigenvalue weighted by molar-refractivity contribution is -0.119. The average Bonchev–Trinajstić information content (AvgIpc) is 1.65. The number of thiophene rings is 6. The summed E-state index contributed by atoms with van der Waals surface area (Å²) >= 11 is 11.1. The fraction of sp³-hybridized carbons (Fsp3) is 0.602. The van der Waals surface area contributed by atoms with Crippen LogP contribution in [0.15, 0.2) is 38.0 Å². The largest absolute Gasteiger partial charge is 0.393 e. The summed E-state index contributed by atoms with van der Waals surface area (Å²) < 4.78 is 5.41. The third-order valence-corrected chi connectivity index (χ3v) is 35.1. The number of nitrogens with two attached hydrogens (primary N) is 1. The number of rotatable bonds is 14. The lowest BCUT2D eigenvalue weighted by Crippen LogP contribution is -2.39. The van der Waals surface area contributed by atoms with Gasteiger partial charge in [-0.15, -0.1) is 68.0 Å². The van der Waals surface area contributed by atoms with E-state index in [0.29, 0.717) is 48.3 Å². The molecule has 2 unspecified atom stereocenters. The number of amides is 1. The maximum atomic E-state index is 11.2. The van der Waals surface area contributed by atoms with Crippen LogP contribution in [0.1, 0.15) is 249 Å². The van der Waals surface area contributed by atoms with Crippen LogP contribution in [0.2, 0.25) is 0 Å². The van der Waals surface area contributed by atoms with Crippen molar-refractivity contribution in [2.75, 3.05) is 59.2 Å². The monoisotopic (exact) mass is 1790 g/mol. The van der Waals surface area contributed by atoms with Gasteiger partial charge in [0, 0.05) is 104 Å². The minimum absolute atomic E-state index is 0.0766. The Morgan fingerprint density at radius 1 is 0.331 bits per heavy atom. The van der Waals surface area contributed by atoms with Crippen molar-refractivity contribution >= 4 is 170 Å². The van der Waals surface area contributed by atoms with Crippen LogP contribution in [0.3, 0.4) is 0 Å². The normalized spacial score (nSPS) is 24.3. The first-order valence-electron chi connectivity index (χ1n) is 46.5. The molecule has 0 aromatic carbocycles. The van der Waals surface area contributed by atoms with Crippen molar-refractivity contribution in [1.82, 2.24) is 70.0 Å². The number of aromatic nitrogens is 12.